The molecular weight excluding hydrogens is 685 g/mol. The van der Waals surface area contributed by atoms with Crippen molar-refractivity contribution < 1.29 is 4.42 Å². The Balaban J connectivity index is 0.990. The molecule has 11 rings (SSSR count). The highest BCUT2D eigenvalue weighted by atomic mass is 16.3. The van der Waals surface area contributed by atoms with Crippen LogP contribution < -0.4 is 0 Å². The zero-order valence-corrected chi connectivity index (χ0v) is 30.6. The summed E-state index contributed by atoms with van der Waals surface area (Å²) in [6, 6.07) is 53.4. The van der Waals surface area contributed by atoms with E-state index in [1.165, 1.54) is 27.4 Å². The molecule has 56 heavy (non-hydrogen) atoms. The maximum atomic E-state index is 6.74. The molecule has 5 nitrogen and oxygen atoms in total. The number of fused-ring (bicyclic) bond motifs is 6. The fourth-order valence-corrected chi connectivity index (χ4v) is 8.54. The Kier molecular flexibility index (Phi) is 7.69. The van der Waals surface area contributed by atoms with Gasteiger partial charge in [-0.05, 0) is 53.4 Å². The standard InChI is InChI=1S/C51H36N4O/c1-3-13-33(14-4-1)35-17-11-19-37(29-35)49-52-50(38-20-12-18-36(30-38)34-15-5-2-6-16-34)54-51(53-49)39-25-27-43-44-28-26-40(32-48(44)56-47(43)31-39)55-45-23-9-7-21-41(45)42-22-8-10-24-46(42)55/h1-17,19-30,32,36,39H,18,31H2. The van der Waals surface area contributed by atoms with Gasteiger partial charge >= 0.3 is 0 Å². The van der Waals surface area contributed by atoms with Gasteiger partial charge in [0.25, 0.3) is 0 Å². The van der Waals surface area contributed by atoms with E-state index in [4.69, 9.17) is 19.4 Å². The third-order valence-corrected chi connectivity index (χ3v) is 11.3. The predicted octanol–water partition coefficient (Wildman–Crippen LogP) is 12.5. The van der Waals surface area contributed by atoms with Crippen LogP contribution in [0.3, 0.4) is 0 Å². The van der Waals surface area contributed by atoms with Gasteiger partial charge in [0.2, 0.25) is 0 Å². The van der Waals surface area contributed by atoms with E-state index >= 15 is 0 Å². The van der Waals surface area contributed by atoms with Crippen LogP contribution in [0.1, 0.15) is 46.8 Å². The molecule has 5 heteroatoms. The van der Waals surface area contributed by atoms with E-state index in [1.54, 1.807) is 0 Å². The van der Waals surface area contributed by atoms with Crippen LogP contribution in [0.4, 0.5) is 0 Å². The number of para-hydroxylation sites is 2. The lowest BCUT2D eigenvalue weighted by Gasteiger charge is -2.19. The van der Waals surface area contributed by atoms with Crippen LogP contribution >= 0.6 is 0 Å². The molecular formula is C51H36N4O. The van der Waals surface area contributed by atoms with E-state index in [0.29, 0.717) is 18.1 Å². The van der Waals surface area contributed by atoms with Crippen molar-refractivity contribution in [2.45, 2.75) is 24.7 Å². The molecule has 3 aromatic heterocycles. The van der Waals surface area contributed by atoms with Gasteiger partial charge < -0.3 is 8.98 Å². The topological polar surface area (TPSA) is 56.7 Å². The molecule has 6 aromatic carbocycles. The Morgan fingerprint density at radius 3 is 2.05 bits per heavy atom. The van der Waals surface area contributed by atoms with Gasteiger partial charge in [-0.3, -0.25) is 0 Å². The van der Waals surface area contributed by atoms with E-state index in [-0.39, 0.29) is 11.8 Å². The second-order valence-electron chi connectivity index (χ2n) is 14.7. The molecule has 9 aromatic rings. The minimum absolute atomic E-state index is 0.0873. The van der Waals surface area contributed by atoms with Crippen LogP contribution in [0, 0.1) is 0 Å². The van der Waals surface area contributed by atoms with Crippen LogP contribution in [0.2, 0.25) is 0 Å². The predicted molar refractivity (Wildman–Crippen MR) is 228 cm³/mol. The number of rotatable bonds is 6. The van der Waals surface area contributed by atoms with Crippen molar-refractivity contribution in [1.29, 1.82) is 0 Å². The molecule has 2 aliphatic rings. The molecule has 2 unspecified atom stereocenters. The molecule has 0 fully saturated rings. The molecule has 0 radical (unpaired) electrons. The molecule has 2 aliphatic carbocycles. The van der Waals surface area contributed by atoms with Crippen molar-refractivity contribution >= 4 is 44.4 Å². The first-order chi connectivity index (χ1) is 27.7. The van der Waals surface area contributed by atoms with Gasteiger partial charge in [-0.25, -0.2) is 15.0 Å². The van der Waals surface area contributed by atoms with Crippen molar-refractivity contribution in [3.05, 3.63) is 204 Å². The Bertz CT molecular complexity index is 2990. The number of aromatic nitrogens is 4. The SMILES string of the molecule is C1=CC(c2nc(-c3cccc(-c4ccccc4)c3)nc(C3C=Cc4c(oc5cc(-n6c7ccccc7c7ccccc76)ccc45)C3)n2)=CC(c2ccccc2)C1. The summed E-state index contributed by atoms with van der Waals surface area (Å²) in [5, 5.41) is 3.59. The second kappa shape index (κ2) is 13.3. The number of benzene rings is 6. The summed E-state index contributed by atoms with van der Waals surface area (Å²) in [6.45, 7) is 0. The Hall–Kier alpha value is -7.11. The quantitative estimate of drug-likeness (QED) is 0.172. The van der Waals surface area contributed by atoms with Crippen LogP contribution in [0.5, 0.6) is 0 Å². The van der Waals surface area contributed by atoms with Crippen molar-refractivity contribution in [3.63, 3.8) is 0 Å². The maximum absolute atomic E-state index is 6.74. The Labute approximate surface area is 324 Å². The third kappa shape index (κ3) is 5.59. The zero-order valence-electron chi connectivity index (χ0n) is 30.6. The maximum Gasteiger partial charge on any atom is 0.163 e. The van der Waals surface area contributed by atoms with Gasteiger partial charge in [-0.15, -0.1) is 0 Å². The van der Waals surface area contributed by atoms with E-state index in [0.717, 1.165) is 62.5 Å². The minimum atomic E-state index is -0.0873. The van der Waals surface area contributed by atoms with Gasteiger partial charge in [-0.1, -0.05) is 146 Å². The van der Waals surface area contributed by atoms with E-state index in [9.17, 15) is 0 Å². The smallest absolute Gasteiger partial charge is 0.163 e. The fourth-order valence-electron chi connectivity index (χ4n) is 8.54. The number of furan rings is 1. The fraction of sp³-hybridized carbons (Fsp3) is 0.0784. The molecule has 0 saturated carbocycles. The summed E-state index contributed by atoms with van der Waals surface area (Å²) in [4.78, 5) is 15.6. The van der Waals surface area contributed by atoms with Crippen molar-refractivity contribution in [2.24, 2.45) is 0 Å². The van der Waals surface area contributed by atoms with Crippen LogP contribution in [0.25, 0.3) is 72.6 Å². The molecule has 0 amide bonds. The summed E-state index contributed by atoms with van der Waals surface area (Å²) in [5.74, 6) is 3.20. The number of hydrogen-bond acceptors (Lipinski definition) is 4. The highest BCUT2D eigenvalue weighted by Crippen LogP contribution is 2.39. The Morgan fingerprint density at radius 2 is 1.25 bits per heavy atom. The number of nitrogens with zero attached hydrogens (tertiary/aromatic N) is 4. The third-order valence-electron chi connectivity index (χ3n) is 11.3. The lowest BCUT2D eigenvalue weighted by Crippen LogP contribution is -2.13. The van der Waals surface area contributed by atoms with E-state index in [2.05, 4.69) is 181 Å². The first-order valence-corrected chi connectivity index (χ1v) is 19.3. The molecule has 0 N–H and O–H groups in total. The zero-order chi connectivity index (χ0) is 37.0. The van der Waals surface area contributed by atoms with Gasteiger partial charge in [-0.2, -0.15) is 0 Å². The number of hydrogen-bond donors (Lipinski definition) is 0. The summed E-state index contributed by atoms with van der Waals surface area (Å²) in [7, 11) is 0. The molecule has 2 atom stereocenters. The van der Waals surface area contributed by atoms with Gasteiger partial charge in [0, 0.05) is 62.9 Å². The normalized spacial score (nSPS) is 16.4. The van der Waals surface area contributed by atoms with Gasteiger partial charge in [0.1, 0.15) is 17.2 Å². The highest BCUT2D eigenvalue weighted by molar-refractivity contribution is 6.09. The van der Waals surface area contributed by atoms with Crippen LogP contribution in [-0.2, 0) is 6.42 Å². The lowest BCUT2D eigenvalue weighted by molar-refractivity contribution is 0.526. The molecule has 266 valence electrons. The van der Waals surface area contributed by atoms with Crippen molar-refractivity contribution in [3.8, 4) is 28.2 Å². The summed E-state index contributed by atoms with van der Waals surface area (Å²) in [5.41, 5.74) is 11.0. The number of allylic oxidation sites excluding steroid dienone is 5. The largest absolute Gasteiger partial charge is 0.460 e. The molecule has 0 aliphatic heterocycles. The van der Waals surface area contributed by atoms with Crippen LogP contribution in [-0.4, -0.2) is 19.5 Å². The molecule has 3 heterocycles. The molecule has 0 spiro atoms. The first-order valence-electron chi connectivity index (χ1n) is 19.3. The lowest BCUT2D eigenvalue weighted by atomic mass is 9.89. The summed E-state index contributed by atoms with van der Waals surface area (Å²) >= 11 is 0. The minimum Gasteiger partial charge on any atom is -0.460 e. The average Bonchev–Trinajstić information content (AvgIpc) is 3.82. The van der Waals surface area contributed by atoms with Gasteiger partial charge in [0.05, 0.1) is 11.0 Å². The summed E-state index contributed by atoms with van der Waals surface area (Å²) in [6.07, 6.45) is 12.7. The van der Waals surface area contributed by atoms with E-state index < -0.39 is 0 Å². The monoisotopic (exact) mass is 720 g/mol. The van der Waals surface area contributed by atoms with E-state index in [1.807, 2.05) is 6.07 Å². The summed E-state index contributed by atoms with van der Waals surface area (Å²) < 4.78 is 9.07. The van der Waals surface area contributed by atoms with Crippen LogP contribution in [0.15, 0.2) is 180 Å². The van der Waals surface area contributed by atoms with Gasteiger partial charge in [0.15, 0.2) is 11.6 Å². The van der Waals surface area contributed by atoms with Crippen molar-refractivity contribution in [2.75, 3.05) is 0 Å². The highest BCUT2D eigenvalue weighted by Gasteiger charge is 2.26. The van der Waals surface area contributed by atoms with Crippen molar-refractivity contribution in [1.82, 2.24) is 19.5 Å². The second-order valence-corrected chi connectivity index (χ2v) is 14.7. The molecule has 0 saturated heterocycles. The first kappa shape index (κ1) is 32.3. The average molecular weight is 721 g/mol. The molecule has 0 bridgehead atoms. The Morgan fingerprint density at radius 1 is 0.554 bits per heavy atom.